The van der Waals surface area contributed by atoms with E-state index in [1.165, 1.54) is 23.4 Å². The van der Waals surface area contributed by atoms with Crippen molar-refractivity contribution < 1.29 is 4.79 Å². The molecule has 0 radical (unpaired) electrons. The van der Waals surface area contributed by atoms with Crippen LogP contribution in [0.5, 0.6) is 0 Å². The first-order chi connectivity index (χ1) is 12.0. The van der Waals surface area contributed by atoms with Crippen LogP contribution >= 0.6 is 11.6 Å². The Morgan fingerprint density at radius 3 is 2.76 bits per heavy atom. The van der Waals surface area contributed by atoms with Crippen molar-refractivity contribution in [2.75, 3.05) is 17.6 Å². The first-order valence-corrected chi connectivity index (χ1v) is 8.13. The lowest BCUT2D eigenvalue weighted by atomic mass is 10.1. The number of anilines is 2. The fourth-order valence-corrected chi connectivity index (χ4v) is 2.48. The minimum absolute atomic E-state index is 0.0299. The highest BCUT2D eigenvalue weighted by molar-refractivity contribution is 6.34. The molecular formula is C19H19ClN4O. The van der Waals surface area contributed by atoms with Gasteiger partial charge < -0.3 is 16.4 Å². The van der Waals surface area contributed by atoms with Crippen molar-refractivity contribution >= 4 is 28.9 Å². The molecule has 5 nitrogen and oxygen atoms in total. The van der Waals surface area contributed by atoms with E-state index in [2.05, 4.69) is 29.7 Å². The number of carbonyl (C=O) groups is 1. The molecule has 25 heavy (non-hydrogen) atoms. The minimum atomic E-state index is -0.530. The van der Waals surface area contributed by atoms with Crippen LogP contribution in [-0.4, -0.2) is 12.5 Å². The Morgan fingerprint density at radius 1 is 1.32 bits per heavy atom. The summed E-state index contributed by atoms with van der Waals surface area (Å²) in [5, 5.41) is 15.1. The average molecular weight is 355 g/mol. The number of nitrogens with one attached hydrogen (secondary N) is 2. The fraction of sp³-hybridized carbons (Fsp3) is 0.158. The van der Waals surface area contributed by atoms with Crippen LogP contribution in [0.2, 0.25) is 5.02 Å². The first kappa shape index (κ1) is 18.4. The number of aryl methyl sites for hydroxylation is 1. The summed E-state index contributed by atoms with van der Waals surface area (Å²) < 4.78 is 0. The topological polar surface area (TPSA) is 90.9 Å². The molecule has 4 N–H and O–H groups in total. The molecular weight excluding hydrogens is 336 g/mol. The second kappa shape index (κ2) is 8.76. The van der Waals surface area contributed by atoms with Gasteiger partial charge in [0, 0.05) is 18.4 Å². The number of carbonyl (C=O) groups excluding carboxylic acids is 1. The molecule has 0 fully saturated rings. The van der Waals surface area contributed by atoms with Gasteiger partial charge in [0.15, 0.2) is 0 Å². The number of nitriles is 1. The third kappa shape index (κ3) is 5.27. The normalized spacial score (nSPS) is 10.8. The highest BCUT2D eigenvalue weighted by Gasteiger charge is 2.11. The predicted molar refractivity (Wildman–Crippen MR) is 101 cm³/mol. The summed E-state index contributed by atoms with van der Waals surface area (Å²) in [7, 11) is 0. The number of halogens is 1. The lowest BCUT2D eigenvalue weighted by molar-refractivity contribution is -0.112. The Labute approximate surface area is 152 Å². The van der Waals surface area contributed by atoms with Crippen LogP contribution in [0.3, 0.4) is 0 Å². The second-order valence-corrected chi connectivity index (χ2v) is 5.90. The highest BCUT2D eigenvalue weighted by Crippen LogP contribution is 2.24. The van der Waals surface area contributed by atoms with Gasteiger partial charge in [0.1, 0.15) is 11.6 Å². The molecule has 0 saturated carbocycles. The molecule has 0 saturated heterocycles. The zero-order valence-corrected chi connectivity index (χ0v) is 14.6. The van der Waals surface area contributed by atoms with Crippen molar-refractivity contribution in [3.8, 4) is 6.07 Å². The van der Waals surface area contributed by atoms with Crippen molar-refractivity contribution in [1.29, 1.82) is 5.26 Å². The van der Waals surface area contributed by atoms with Gasteiger partial charge in [-0.1, -0.05) is 35.9 Å². The van der Waals surface area contributed by atoms with Gasteiger partial charge in [-0.25, -0.2) is 0 Å². The van der Waals surface area contributed by atoms with E-state index in [1.54, 1.807) is 12.1 Å². The van der Waals surface area contributed by atoms with Crippen LogP contribution in [0, 0.1) is 18.3 Å². The summed E-state index contributed by atoms with van der Waals surface area (Å²) in [4.78, 5) is 12.2. The van der Waals surface area contributed by atoms with Gasteiger partial charge in [-0.15, -0.1) is 0 Å². The number of nitrogen functional groups attached to an aromatic ring is 1. The molecule has 6 heteroatoms. The summed E-state index contributed by atoms with van der Waals surface area (Å²) >= 11 is 6.02. The highest BCUT2D eigenvalue weighted by atomic mass is 35.5. The number of hydrogen-bond acceptors (Lipinski definition) is 4. The van der Waals surface area contributed by atoms with Gasteiger partial charge in [-0.3, -0.25) is 4.79 Å². The SMILES string of the molecule is Cc1ccccc1CCN/C=C(/C#N)C(=O)Nc1ccc(N)cc1Cl. The van der Waals surface area contributed by atoms with E-state index in [1.807, 2.05) is 18.2 Å². The molecule has 1 amide bonds. The summed E-state index contributed by atoms with van der Waals surface area (Å²) in [6.45, 7) is 2.67. The van der Waals surface area contributed by atoms with Crippen LogP contribution in [0.4, 0.5) is 11.4 Å². The molecule has 0 unspecified atom stereocenters. The molecule has 0 atom stereocenters. The van der Waals surface area contributed by atoms with E-state index >= 15 is 0 Å². The summed E-state index contributed by atoms with van der Waals surface area (Å²) in [6, 6.07) is 14.7. The molecule has 0 spiro atoms. The summed E-state index contributed by atoms with van der Waals surface area (Å²) in [5.74, 6) is -0.530. The average Bonchev–Trinajstić information content (AvgIpc) is 2.59. The van der Waals surface area contributed by atoms with Gasteiger partial charge in [0.05, 0.1) is 10.7 Å². The zero-order valence-electron chi connectivity index (χ0n) is 13.8. The van der Waals surface area contributed by atoms with Crippen LogP contribution in [0.15, 0.2) is 54.2 Å². The maximum absolute atomic E-state index is 12.2. The van der Waals surface area contributed by atoms with E-state index in [4.69, 9.17) is 17.3 Å². The standard InChI is InChI=1S/C19H19ClN4O/c1-13-4-2-3-5-14(13)8-9-23-12-15(11-21)19(25)24-18-7-6-16(22)10-17(18)20/h2-7,10,12,23H,8-9,22H2,1H3,(H,24,25)/b15-12-. The Hall–Kier alpha value is -2.97. The quantitative estimate of drug-likeness (QED) is 0.321. The van der Waals surface area contributed by atoms with E-state index in [0.29, 0.717) is 22.9 Å². The van der Waals surface area contributed by atoms with Crippen LogP contribution < -0.4 is 16.4 Å². The zero-order chi connectivity index (χ0) is 18.2. The minimum Gasteiger partial charge on any atom is -0.399 e. The van der Waals surface area contributed by atoms with E-state index in [-0.39, 0.29) is 5.57 Å². The third-order valence-corrected chi connectivity index (χ3v) is 3.97. The van der Waals surface area contributed by atoms with Crippen LogP contribution in [0.1, 0.15) is 11.1 Å². The Kier molecular flexibility index (Phi) is 6.44. The van der Waals surface area contributed by atoms with Crippen LogP contribution in [0.25, 0.3) is 0 Å². The number of hydrogen-bond donors (Lipinski definition) is 3. The van der Waals surface area contributed by atoms with Gasteiger partial charge >= 0.3 is 0 Å². The predicted octanol–water partition coefficient (Wildman–Crippen LogP) is 3.41. The summed E-state index contributed by atoms with van der Waals surface area (Å²) in [6.07, 6.45) is 2.21. The Morgan fingerprint density at radius 2 is 2.08 bits per heavy atom. The molecule has 0 bridgehead atoms. The maximum atomic E-state index is 12.2. The maximum Gasteiger partial charge on any atom is 0.267 e. The fourth-order valence-electron chi connectivity index (χ4n) is 2.24. The van der Waals surface area contributed by atoms with Gasteiger partial charge in [0.25, 0.3) is 5.91 Å². The molecule has 128 valence electrons. The second-order valence-electron chi connectivity index (χ2n) is 5.49. The van der Waals surface area contributed by atoms with Gasteiger partial charge in [-0.2, -0.15) is 5.26 Å². The lowest BCUT2D eigenvalue weighted by Gasteiger charge is -2.08. The number of nitrogens with two attached hydrogens (primary N) is 1. The largest absolute Gasteiger partial charge is 0.399 e. The number of rotatable bonds is 6. The molecule has 0 aliphatic rings. The van der Waals surface area contributed by atoms with Crippen molar-refractivity contribution in [2.45, 2.75) is 13.3 Å². The smallest absolute Gasteiger partial charge is 0.267 e. The monoisotopic (exact) mass is 354 g/mol. The molecule has 2 aromatic rings. The number of benzene rings is 2. The molecule has 0 aliphatic carbocycles. The van der Waals surface area contributed by atoms with Crippen molar-refractivity contribution in [3.63, 3.8) is 0 Å². The lowest BCUT2D eigenvalue weighted by Crippen LogP contribution is -2.18. The van der Waals surface area contributed by atoms with E-state index in [0.717, 1.165) is 6.42 Å². The number of amides is 1. The molecule has 0 heterocycles. The Balaban J connectivity index is 1.94. The van der Waals surface area contributed by atoms with Crippen LogP contribution in [-0.2, 0) is 11.2 Å². The van der Waals surface area contributed by atoms with Gasteiger partial charge in [-0.05, 0) is 42.7 Å². The van der Waals surface area contributed by atoms with Gasteiger partial charge in [0.2, 0.25) is 0 Å². The molecule has 2 rings (SSSR count). The van der Waals surface area contributed by atoms with E-state index < -0.39 is 5.91 Å². The molecule has 0 aliphatic heterocycles. The summed E-state index contributed by atoms with van der Waals surface area (Å²) in [5.41, 5.74) is 8.92. The first-order valence-electron chi connectivity index (χ1n) is 7.76. The molecule has 0 aromatic heterocycles. The van der Waals surface area contributed by atoms with Crippen molar-refractivity contribution in [1.82, 2.24) is 5.32 Å². The number of nitrogens with zero attached hydrogens (tertiary/aromatic N) is 1. The van der Waals surface area contributed by atoms with Crippen molar-refractivity contribution in [3.05, 3.63) is 70.4 Å². The van der Waals surface area contributed by atoms with Crippen molar-refractivity contribution in [2.24, 2.45) is 0 Å². The molecule has 2 aromatic carbocycles. The van der Waals surface area contributed by atoms with E-state index in [9.17, 15) is 10.1 Å². The third-order valence-electron chi connectivity index (χ3n) is 3.65. The Bertz CT molecular complexity index is 840.